The van der Waals surface area contributed by atoms with Crippen LogP contribution in [0.4, 0.5) is 0 Å². The van der Waals surface area contributed by atoms with E-state index in [0.717, 1.165) is 24.3 Å². The predicted molar refractivity (Wildman–Crippen MR) is 120 cm³/mol. The Morgan fingerprint density at radius 2 is 1.46 bits per heavy atom. The van der Waals surface area contributed by atoms with E-state index in [4.69, 9.17) is 4.74 Å². The van der Waals surface area contributed by atoms with Crippen molar-refractivity contribution in [3.8, 4) is 5.75 Å². The molecule has 0 saturated carbocycles. The third-order valence-electron chi connectivity index (χ3n) is 5.30. The number of ether oxygens (including phenoxy) is 1. The van der Waals surface area contributed by atoms with E-state index in [1.54, 1.807) is 0 Å². The number of piperazine rings is 1. The van der Waals surface area contributed by atoms with E-state index >= 15 is 0 Å². The summed E-state index contributed by atoms with van der Waals surface area (Å²) in [6.45, 7) is 10.4. The normalized spacial score (nSPS) is 15.9. The van der Waals surface area contributed by atoms with Gasteiger partial charge in [0.15, 0.2) is 0 Å². The number of rotatable bonds is 10. The monoisotopic (exact) mass is 378 g/mol. The fourth-order valence-electron chi connectivity index (χ4n) is 3.67. The molecule has 0 atom stereocenters. The molecule has 0 amide bonds. The van der Waals surface area contributed by atoms with E-state index in [1.807, 2.05) is 12.1 Å². The van der Waals surface area contributed by atoms with Crippen LogP contribution in [0.2, 0.25) is 0 Å². The van der Waals surface area contributed by atoms with E-state index < -0.39 is 0 Å². The van der Waals surface area contributed by atoms with Gasteiger partial charge in [0.05, 0.1) is 6.61 Å². The van der Waals surface area contributed by atoms with Gasteiger partial charge in [-0.3, -0.25) is 0 Å². The van der Waals surface area contributed by atoms with Crippen molar-refractivity contribution in [1.82, 2.24) is 9.80 Å². The van der Waals surface area contributed by atoms with E-state index in [0.29, 0.717) is 0 Å². The Morgan fingerprint density at radius 3 is 2.21 bits per heavy atom. The average Bonchev–Trinajstić information content (AvgIpc) is 2.75. The highest BCUT2D eigenvalue weighted by Crippen LogP contribution is 2.21. The zero-order valence-electron chi connectivity index (χ0n) is 17.2. The minimum absolute atomic E-state index is 0.784. The summed E-state index contributed by atoms with van der Waals surface area (Å²) in [5, 5.41) is 0. The van der Waals surface area contributed by atoms with Gasteiger partial charge in [-0.05, 0) is 44.0 Å². The summed E-state index contributed by atoms with van der Waals surface area (Å²) in [6, 6.07) is 18.7. The second kappa shape index (κ2) is 11.7. The highest BCUT2D eigenvalue weighted by molar-refractivity contribution is 5.72. The van der Waals surface area contributed by atoms with Crippen LogP contribution in [0.25, 0.3) is 12.2 Å². The average molecular weight is 379 g/mol. The van der Waals surface area contributed by atoms with Gasteiger partial charge >= 0.3 is 0 Å². The van der Waals surface area contributed by atoms with Crippen LogP contribution < -0.4 is 4.74 Å². The zero-order chi connectivity index (χ0) is 19.4. The molecule has 0 aromatic heterocycles. The van der Waals surface area contributed by atoms with Gasteiger partial charge in [0.25, 0.3) is 0 Å². The van der Waals surface area contributed by atoms with Crippen LogP contribution in [0.3, 0.4) is 0 Å². The smallest absolute Gasteiger partial charge is 0.126 e. The molecule has 1 aliphatic rings. The Bertz CT molecular complexity index is 705. The molecule has 3 nitrogen and oxygen atoms in total. The van der Waals surface area contributed by atoms with E-state index in [-0.39, 0.29) is 0 Å². The molecule has 2 aromatic carbocycles. The molecule has 0 bridgehead atoms. The van der Waals surface area contributed by atoms with Gasteiger partial charge in [-0.25, -0.2) is 0 Å². The largest absolute Gasteiger partial charge is 0.493 e. The summed E-state index contributed by atoms with van der Waals surface area (Å²) in [6.07, 6.45) is 7.85. The Morgan fingerprint density at radius 1 is 0.786 bits per heavy atom. The Hall–Kier alpha value is -2.10. The fraction of sp³-hybridized carbons (Fsp3) is 0.440. The lowest BCUT2D eigenvalue weighted by Gasteiger charge is -2.34. The second-order valence-corrected chi connectivity index (χ2v) is 7.52. The number of benzene rings is 2. The number of unbranched alkanes of at least 4 members (excludes halogenated alkanes) is 1. The lowest BCUT2D eigenvalue weighted by Crippen LogP contribution is -2.46. The summed E-state index contributed by atoms with van der Waals surface area (Å²) in [5.41, 5.74) is 2.34. The number of hydrogen-bond acceptors (Lipinski definition) is 3. The van der Waals surface area contributed by atoms with Gasteiger partial charge in [0, 0.05) is 31.7 Å². The molecule has 1 fully saturated rings. The highest BCUT2D eigenvalue weighted by Gasteiger charge is 2.15. The summed E-state index contributed by atoms with van der Waals surface area (Å²) in [5.74, 6) is 0.975. The van der Waals surface area contributed by atoms with Crippen molar-refractivity contribution in [1.29, 1.82) is 0 Å². The van der Waals surface area contributed by atoms with Crippen LogP contribution in [0.5, 0.6) is 5.75 Å². The van der Waals surface area contributed by atoms with E-state index in [2.05, 4.69) is 71.3 Å². The Balaban J connectivity index is 1.38. The van der Waals surface area contributed by atoms with Crippen LogP contribution in [0, 0.1) is 0 Å². The van der Waals surface area contributed by atoms with Crippen LogP contribution in [0.15, 0.2) is 54.6 Å². The van der Waals surface area contributed by atoms with Crippen LogP contribution >= 0.6 is 0 Å². The first-order valence-corrected chi connectivity index (χ1v) is 10.7. The van der Waals surface area contributed by atoms with Crippen molar-refractivity contribution in [3.05, 3.63) is 65.7 Å². The van der Waals surface area contributed by atoms with Crippen molar-refractivity contribution in [3.63, 3.8) is 0 Å². The Kier molecular flexibility index (Phi) is 8.60. The Labute approximate surface area is 170 Å². The molecular weight excluding hydrogens is 344 g/mol. The first-order valence-electron chi connectivity index (χ1n) is 10.7. The summed E-state index contributed by atoms with van der Waals surface area (Å²) < 4.78 is 6.09. The van der Waals surface area contributed by atoms with E-state index in [1.165, 1.54) is 57.7 Å². The predicted octanol–water partition coefficient (Wildman–Crippen LogP) is 5.04. The van der Waals surface area contributed by atoms with Crippen molar-refractivity contribution in [2.75, 3.05) is 45.9 Å². The summed E-state index contributed by atoms with van der Waals surface area (Å²) in [7, 11) is 0. The van der Waals surface area contributed by atoms with Crippen molar-refractivity contribution < 1.29 is 4.74 Å². The van der Waals surface area contributed by atoms with Gasteiger partial charge < -0.3 is 14.5 Å². The maximum Gasteiger partial charge on any atom is 0.126 e. The molecule has 1 heterocycles. The molecule has 28 heavy (non-hydrogen) atoms. The van der Waals surface area contributed by atoms with Crippen molar-refractivity contribution in [2.24, 2.45) is 0 Å². The van der Waals surface area contributed by atoms with Crippen LogP contribution in [-0.2, 0) is 0 Å². The molecule has 3 rings (SSSR count). The maximum atomic E-state index is 6.09. The highest BCUT2D eigenvalue weighted by atomic mass is 16.5. The third kappa shape index (κ3) is 6.81. The van der Waals surface area contributed by atoms with Gasteiger partial charge in [-0.1, -0.05) is 67.6 Å². The third-order valence-corrected chi connectivity index (χ3v) is 5.30. The number of para-hydroxylation sites is 1. The lowest BCUT2D eigenvalue weighted by atomic mass is 10.1. The molecule has 0 N–H and O–H groups in total. The minimum Gasteiger partial charge on any atom is -0.493 e. The van der Waals surface area contributed by atoms with Gasteiger partial charge in [-0.2, -0.15) is 0 Å². The quantitative estimate of drug-likeness (QED) is 0.425. The molecule has 2 aromatic rings. The topological polar surface area (TPSA) is 15.7 Å². The standard InChI is InChI=1S/C25H34N2O/c1-2-16-26-18-20-27(21-19-26)17-8-9-22-28-25-13-7-6-12-24(25)15-14-23-10-4-3-5-11-23/h3-7,10-15H,2,8-9,16-22H2,1H3/b15-14+. The molecule has 0 radical (unpaired) electrons. The van der Waals surface area contributed by atoms with Crippen LogP contribution in [-0.4, -0.2) is 55.7 Å². The van der Waals surface area contributed by atoms with Gasteiger partial charge in [0.1, 0.15) is 5.75 Å². The molecule has 1 saturated heterocycles. The zero-order valence-corrected chi connectivity index (χ0v) is 17.2. The molecule has 3 heteroatoms. The maximum absolute atomic E-state index is 6.09. The van der Waals surface area contributed by atoms with Crippen molar-refractivity contribution in [2.45, 2.75) is 26.2 Å². The van der Waals surface area contributed by atoms with E-state index in [9.17, 15) is 0 Å². The molecule has 150 valence electrons. The summed E-state index contributed by atoms with van der Waals surface area (Å²) >= 11 is 0. The molecule has 0 spiro atoms. The molecule has 0 unspecified atom stereocenters. The fourth-order valence-corrected chi connectivity index (χ4v) is 3.67. The molecular formula is C25H34N2O. The first kappa shape index (κ1) is 20.6. The first-order chi connectivity index (χ1) is 13.8. The minimum atomic E-state index is 0.784. The van der Waals surface area contributed by atoms with Gasteiger partial charge in [-0.15, -0.1) is 0 Å². The van der Waals surface area contributed by atoms with Gasteiger partial charge in [0.2, 0.25) is 0 Å². The number of hydrogen-bond donors (Lipinski definition) is 0. The van der Waals surface area contributed by atoms with Crippen molar-refractivity contribution >= 4 is 12.2 Å². The molecule has 1 aliphatic heterocycles. The molecule has 0 aliphatic carbocycles. The lowest BCUT2D eigenvalue weighted by molar-refractivity contribution is 0.129. The van der Waals surface area contributed by atoms with Crippen LogP contribution in [0.1, 0.15) is 37.3 Å². The second-order valence-electron chi connectivity index (χ2n) is 7.52. The SMILES string of the molecule is CCCN1CCN(CCCCOc2ccccc2/C=C/c2ccccc2)CC1. The number of nitrogens with zero attached hydrogens (tertiary/aromatic N) is 2. The summed E-state index contributed by atoms with van der Waals surface area (Å²) in [4.78, 5) is 5.18.